The molecule has 1 aromatic heterocycles. The average Bonchev–Trinajstić information content (AvgIpc) is 3.09. The molecule has 8 heteroatoms. The highest BCUT2D eigenvalue weighted by Crippen LogP contribution is 2.18. The van der Waals surface area contributed by atoms with Gasteiger partial charge in [-0.15, -0.1) is 35.3 Å². The average molecular weight is 508 g/mol. The molecule has 2 heterocycles. The molecule has 1 aromatic carbocycles. The fourth-order valence-electron chi connectivity index (χ4n) is 2.36. The van der Waals surface area contributed by atoms with Gasteiger partial charge in [-0.3, -0.25) is 0 Å². The molecule has 0 saturated carbocycles. The van der Waals surface area contributed by atoms with E-state index in [4.69, 9.17) is 5.73 Å². The van der Waals surface area contributed by atoms with Crippen LogP contribution in [0.5, 0.6) is 0 Å². The van der Waals surface area contributed by atoms with Crippen LogP contribution >= 0.6 is 51.2 Å². The Bertz CT molecular complexity index is 624. The predicted octanol–water partition coefficient (Wildman–Crippen LogP) is 3.16. The van der Waals surface area contributed by atoms with Crippen LogP contribution in [0.25, 0.3) is 0 Å². The number of rotatable bonds is 3. The van der Waals surface area contributed by atoms with Crippen LogP contribution in [0.4, 0.5) is 5.13 Å². The van der Waals surface area contributed by atoms with Crippen LogP contribution in [0, 0.1) is 0 Å². The lowest BCUT2D eigenvalue weighted by Crippen LogP contribution is -2.51. The highest BCUT2D eigenvalue weighted by atomic mass is 127. The molecule has 0 spiro atoms. The van der Waals surface area contributed by atoms with Crippen molar-refractivity contribution in [3.63, 3.8) is 0 Å². The molecule has 0 radical (unpaired) electrons. The summed E-state index contributed by atoms with van der Waals surface area (Å²) in [5.41, 5.74) is 7.29. The maximum atomic E-state index is 6.13. The molecule has 2 N–H and O–H groups in total. The summed E-state index contributed by atoms with van der Waals surface area (Å²) in [4.78, 5) is 13.3. The number of hydrogen-bond donors (Lipinski definition) is 1. The maximum absolute atomic E-state index is 6.13. The molecule has 0 bridgehead atoms. The van der Waals surface area contributed by atoms with Crippen molar-refractivity contribution in [3.05, 3.63) is 45.9 Å². The minimum absolute atomic E-state index is 0. The molecule has 0 amide bonds. The van der Waals surface area contributed by atoms with E-state index in [1.807, 2.05) is 23.7 Å². The molecule has 1 aliphatic heterocycles. The second-order valence-electron chi connectivity index (χ2n) is 5.09. The zero-order chi connectivity index (χ0) is 15.4. The number of aliphatic imine (C=N–C) groups is 1. The molecule has 0 unspecified atom stereocenters. The van der Waals surface area contributed by atoms with E-state index in [1.165, 1.54) is 0 Å². The third-order valence-corrected chi connectivity index (χ3v) is 4.99. The summed E-state index contributed by atoms with van der Waals surface area (Å²) in [6, 6.07) is 8.16. The summed E-state index contributed by atoms with van der Waals surface area (Å²) >= 11 is 5.11. The van der Waals surface area contributed by atoms with E-state index in [-0.39, 0.29) is 24.0 Å². The quantitative estimate of drug-likeness (QED) is 0.394. The Labute approximate surface area is 165 Å². The first kappa shape index (κ1) is 18.5. The zero-order valence-electron chi connectivity index (χ0n) is 12.6. The standard InChI is InChI=1S/C15H18BrN5S.HI/c16-13-3-1-12(2-4-13)11-19-14(17)20-6-8-21(9-7-20)15-18-5-10-22-15;/h1-5,10H,6-9,11H2,(H2,17,19);1H. The summed E-state index contributed by atoms with van der Waals surface area (Å²) in [7, 11) is 0. The number of aromatic nitrogens is 1. The molecule has 23 heavy (non-hydrogen) atoms. The molecule has 1 aliphatic rings. The van der Waals surface area contributed by atoms with Gasteiger partial charge in [-0.05, 0) is 17.7 Å². The number of guanidine groups is 1. The van der Waals surface area contributed by atoms with E-state index >= 15 is 0 Å². The number of benzene rings is 1. The first-order chi connectivity index (χ1) is 10.7. The second kappa shape index (κ2) is 8.84. The number of thiazole rings is 1. The summed E-state index contributed by atoms with van der Waals surface area (Å²) in [6.45, 7) is 4.25. The molecular weight excluding hydrogens is 489 g/mol. The van der Waals surface area contributed by atoms with Gasteiger partial charge in [0.2, 0.25) is 0 Å². The number of piperazine rings is 1. The van der Waals surface area contributed by atoms with Gasteiger partial charge in [0.15, 0.2) is 11.1 Å². The Balaban J connectivity index is 0.00000192. The Morgan fingerprint density at radius 2 is 1.91 bits per heavy atom. The second-order valence-corrected chi connectivity index (χ2v) is 6.88. The van der Waals surface area contributed by atoms with E-state index in [9.17, 15) is 0 Å². The maximum Gasteiger partial charge on any atom is 0.191 e. The molecule has 5 nitrogen and oxygen atoms in total. The van der Waals surface area contributed by atoms with Crippen LogP contribution in [0.1, 0.15) is 5.56 Å². The van der Waals surface area contributed by atoms with Crippen molar-refractivity contribution in [3.8, 4) is 0 Å². The van der Waals surface area contributed by atoms with E-state index in [0.717, 1.165) is 41.3 Å². The largest absolute Gasteiger partial charge is 0.370 e. The van der Waals surface area contributed by atoms with Gasteiger partial charge in [-0.1, -0.05) is 28.1 Å². The monoisotopic (exact) mass is 507 g/mol. The SMILES string of the molecule is I.NC(=NCc1ccc(Br)cc1)N1CCN(c2nccs2)CC1. The highest BCUT2D eigenvalue weighted by Gasteiger charge is 2.19. The van der Waals surface area contributed by atoms with Crippen LogP contribution in [0.3, 0.4) is 0 Å². The van der Waals surface area contributed by atoms with Gasteiger partial charge in [-0.2, -0.15) is 0 Å². The van der Waals surface area contributed by atoms with Gasteiger partial charge in [0.05, 0.1) is 6.54 Å². The molecule has 2 aromatic rings. The van der Waals surface area contributed by atoms with Crippen molar-refractivity contribution < 1.29 is 0 Å². The molecule has 1 fully saturated rings. The summed E-state index contributed by atoms with van der Waals surface area (Å²) in [5, 5.41) is 3.10. The number of halogens is 2. The lowest BCUT2D eigenvalue weighted by atomic mass is 10.2. The molecular formula is C15H19BrIN5S. The minimum atomic E-state index is 0. The Kier molecular flexibility index (Phi) is 7.09. The van der Waals surface area contributed by atoms with Gasteiger partial charge >= 0.3 is 0 Å². The smallest absolute Gasteiger partial charge is 0.191 e. The minimum Gasteiger partial charge on any atom is -0.370 e. The van der Waals surface area contributed by atoms with Crippen molar-refractivity contribution in [2.24, 2.45) is 10.7 Å². The predicted molar refractivity (Wildman–Crippen MR) is 111 cm³/mol. The topological polar surface area (TPSA) is 57.8 Å². The Morgan fingerprint density at radius 1 is 1.22 bits per heavy atom. The van der Waals surface area contributed by atoms with Gasteiger partial charge in [0, 0.05) is 42.2 Å². The van der Waals surface area contributed by atoms with Gasteiger partial charge in [-0.25, -0.2) is 9.98 Å². The van der Waals surface area contributed by atoms with Gasteiger partial charge < -0.3 is 15.5 Å². The van der Waals surface area contributed by atoms with Crippen molar-refractivity contribution in [2.75, 3.05) is 31.1 Å². The Morgan fingerprint density at radius 3 is 2.52 bits per heavy atom. The van der Waals surface area contributed by atoms with E-state index in [0.29, 0.717) is 12.5 Å². The highest BCUT2D eigenvalue weighted by molar-refractivity contribution is 14.0. The fourth-order valence-corrected chi connectivity index (χ4v) is 3.32. The lowest BCUT2D eigenvalue weighted by Gasteiger charge is -2.35. The number of nitrogens with zero attached hydrogens (tertiary/aromatic N) is 4. The van der Waals surface area contributed by atoms with Crippen molar-refractivity contribution in [1.82, 2.24) is 9.88 Å². The van der Waals surface area contributed by atoms with Crippen molar-refractivity contribution in [2.45, 2.75) is 6.54 Å². The summed E-state index contributed by atoms with van der Waals surface area (Å²) < 4.78 is 1.08. The number of hydrogen-bond acceptors (Lipinski definition) is 4. The number of nitrogens with two attached hydrogens (primary N) is 1. The summed E-state index contributed by atoms with van der Waals surface area (Å²) in [6.07, 6.45) is 1.85. The van der Waals surface area contributed by atoms with E-state index in [2.05, 4.69) is 47.8 Å². The molecule has 3 rings (SSSR count). The molecule has 0 aliphatic carbocycles. The van der Waals surface area contributed by atoms with Crippen LogP contribution in [-0.4, -0.2) is 42.0 Å². The molecule has 1 saturated heterocycles. The zero-order valence-corrected chi connectivity index (χ0v) is 17.3. The van der Waals surface area contributed by atoms with Gasteiger partial charge in [0.25, 0.3) is 0 Å². The normalized spacial score (nSPS) is 15.4. The molecule has 124 valence electrons. The third kappa shape index (κ3) is 5.05. The van der Waals surface area contributed by atoms with Crippen LogP contribution < -0.4 is 10.6 Å². The van der Waals surface area contributed by atoms with E-state index < -0.39 is 0 Å². The third-order valence-electron chi connectivity index (χ3n) is 3.63. The molecule has 0 atom stereocenters. The first-order valence-electron chi connectivity index (χ1n) is 7.16. The van der Waals surface area contributed by atoms with Gasteiger partial charge in [0.1, 0.15) is 0 Å². The number of anilines is 1. The lowest BCUT2D eigenvalue weighted by molar-refractivity contribution is 0.380. The fraction of sp³-hybridized carbons (Fsp3) is 0.333. The van der Waals surface area contributed by atoms with Crippen LogP contribution in [0.15, 0.2) is 45.3 Å². The van der Waals surface area contributed by atoms with Crippen molar-refractivity contribution in [1.29, 1.82) is 0 Å². The first-order valence-corrected chi connectivity index (χ1v) is 8.83. The summed E-state index contributed by atoms with van der Waals surface area (Å²) in [5.74, 6) is 0.627. The van der Waals surface area contributed by atoms with E-state index in [1.54, 1.807) is 11.3 Å². The van der Waals surface area contributed by atoms with Crippen LogP contribution in [0.2, 0.25) is 0 Å². The van der Waals surface area contributed by atoms with Crippen molar-refractivity contribution >= 4 is 62.3 Å². The van der Waals surface area contributed by atoms with Crippen LogP contribution in [-0.2, 0) is 6.54 Å². The Hall–Kier alpha value is -0.870.